The molecule has 0 aromatic heterocycles. The highest BCUT2D eigenvalue weighted by Gasteiger charge is 2.24. The summed E-state index contributed by atoms with van der Waals surface area (Å²) in [6.07, 6.45) is 0. The molecule has 6 heteroatoms. The molecule has 0 aromatic rings. The van der Waals surface area contributed by atoms with Gasteiger partial charge in [-0.1, -0.05) is 0 Å². The minimum atomic E-state index is -3.25. The zero-order chi connectivity index (χ0) is 11.2. The van der Waals surface area contributed by atoms with Crippen molar-refractivity contribution in [2.75, 3.05) is 32.7 Å². The molecule has 0 aromatic carbocycles. The summed E-state index contributed by atoms with van der Waals surface area (Å²) in [6, 6.07) is 0. The Morgan fingerprint density at radius 3 is 2.50 bits per heavy atom. The first-order valence-electron chi connectivity index (χ1n) is 4.55. The van der Waals surface area contributed by atoms with Crippen LogP contribution in [0.5, 0.6) is 0 Å². The molecule has 0 saturated carbocycles. The van der Waals surface area contributed by atoms with Gasteiger partial charge in [0.1, 0.15) is 0 Å². The zero-order valence-corrected chi connectivity index (χ0v) is 10.4. The SMILES string of the molecule is CCOCCN(C)S(=O)(=O)C(C)CCl. The fourth-order valence-corrected chi connectivity index (χ4v) is 2.43. The average Bonchev–Trinajstić information content (AvgIpc) is 2.16. The summed E-state index contributed by atoms with van der Waals surface area (Å²) in [6.45, 7) is 4.85. The van der Waals surface area contributed by atoms with Crippen LogP contribution in [0.25, 0.3) is 0 Å². The fraction of sp³-hybridized carbons (Fsp3) is 1.00. The summed E-state index contributed by atoms with van der Waals surface area (Å²) in [5.74, 6) is 0.112. The van der Waals surface area contributed by atoms with Gasteiger partial charge in [-0.05, 0) is 13.8 Å². The minimum Gasteiger partial charge on any atom is -0.380 e. The van der Waals surface area contributed by atoms with E-state index in [0.717, 1.165) is 0 Å². The van der Waals surface area contributed by atoms with Crippen molar-refractivity contribution in [2.24, 2.45) is 0 Å². The molecule has 0 spiro atoms. The maximum atomic E-state index is 11.6. The van der Waals surface area contributed by atoms with Crippen molar-refractivity contribution in [1.82, 2.24) is 4.31 Å². The largest absolute Gasteiger partial charge is 0.380 e. The van der Waals surface area contributed by atoms with E-state index in [9.17, 15) is 8.42 Å². The van der Waals surface area contributed by atoms with Crippen LogP contribution in [-0.4, -0.2) is 50.7 Å². The van der Waals surface area contributed by atoms with Gasteiger partial charge in [0.05, 0.1) is 11.9 Å². The van der Waals surface area contributed by atoms with Crippen molar-refractivity contribution in [2.45, 2.75) is 19.1 Å². The third kappa shape index (κ3) is 4.13. The molecule has 0 fully saturated rings. The van der Waals surface area contributed by atoms with E-state index < -0.39 is 15.3 Å². The quantitative estimate of drug-likeness (QED) is 0.493. The van der Waals surface area contributed by atoms with Gasteiger partial charge >= 0.3 is 0 Å². The van der Waals surface area contributed by atoms with Gasteiger partial charge in [0.2, 0.25) is 10.0 Å². The molecule has 0 amide bonds. The lowest BCUT2D eigenvalue weighted by Crippen LogP contribution is -2.37. The Bertz CT molecular complexity index is 243. The molecule has 0 aliphatic heterocycles. The summed E-state index contributed by atoms with van der Waals surface area (Å²) in [4.78, 5) is 0. The molecule has 86 valence electrons. The third-order valence-electron chi connectivity index (χ3n) is 1.91. The molecule has 0 aliphatic rings. The maximum Gasteiger partial charge on any atom is 0.217 e. The Kier molecular flexibility index (Phi) is 6.68. The van der Waals surface area contributed by atoms with Crippen LogP contribution in [-0.2, 0) is 14.8 Å². The van der Waals surface area contributed by atoms with E-state index in [1.165, 1.54) is 11.4 Å². The van der Waals surface area contributed by atoms with Crippen LogP contribution in [0.1, 0.15) is 13.8 Å². The number of likely N-dealkylation sites (N-methyl/N-ethyl adjacent to an activating group) is 1. The number of rotatable bonds is 7. The second-order valence-corrected chi connectivity index (χ2v) is 5.79. The van der Waals surface area contributed by atoms with E-state index in [1.807, 2.05) is 6.92 Å². The number of alkyl halides is 1. The predicted octanol–water partition coefficient (Wildman–Crippen LogP) is 0.912. The minimum absolute atomic E-state index is 0.112. The van der Waals surface area contributed by atoms with Crippen molar-refractivity contribution in [3.63, 3.8) is 0 Å². The number of hydrogen-bond donors (Lipinski definition) is 0. The summed E-state index contributed by atoms with van der Waals surface area (Å²) in [5, 5.41) is -0.546. The molecule has 0 radical (unpaired) electrons. The number of hydrogen-bond acceptors (Lipinski definition) is 3. The molecule has 0 bridgehead atoms. The van der Waals surface area contributed by atoms with Gasteiger partial charge in [0.15, 0.2) is 0 Å². The second-order valence-electron chi connectivity index (χ2n) is 3.03. The lowest BCUT2D eigenvalue weighted by atomic mass is 10.6. The fourth-order valence-electron chi connectivity index (χ4n) is 0.851. The molecule has 14 heavy (non-hydrogen) atoms. The van der Waals surface area contributed by atoms with Crippen LogP contribution in [0, 0.1) is 0 Å². The molecule has 0 saturated heterocycles. The van der Waals surface area contributed by atoms with Crippen LogP contribution < -0.4 is 0 Å². The molecule has 0 rings (SSSR count). The summed E-state index contributed by atoms with van der Waals surface area (Å²) in [7, 11) is -1.71. The Morgan fingerprint density at radius 1 is 1.50 bits per heavy atom. The summed E-state index contributed by atoms with van der Waals surface area (Å²) < 4.78 is 29.6. The van der Waals surface area contributed by atoms with E-state index in [1.54, 1.807) is 6.92 Å². The zero-order valence-electron chi connectivity index (χ0n) is 8.86. The average molecular weight is 244 g/mol. The lowest BCUT2D eigenvalue weighted by molar-refractivity contribution is 0.138. The normalized spacial score (nSPS) is 14.6. The van der Waals surface area contributed by atoms with E-state index in [2.05, 4.69) is 0 Å². The van der Waals surface area contributed by atoms with Crippen molar-refractivity contribution in [3.8, 4) is 0 Å². The molecule has 0 N–H and O–H groups in total. The van der Waals surface area contributed by atoms with E-state index >= 15 is 0 Å². The van der Waals surface area contributed by atoms with Gasteiger partial charge in [-0.15, -0.1) is 11.6 Å². The Hall–Kier alpha value is 0.160. The number of nitrogens with zero attached hydrogens (tertiary/aromatic N) is 1. The highest BCUT2D eigenvalue weighted by molar-refractivity contribution is 7.89. The van der Waals surface area contributed by atoms with Crippen LogP contribution in [0.15, 0.2) is 0 Å². The summed E-state index contributed by atoms with van der Waals surface area (Å²) in [5.41, 5.74) is 0. The van der Waals surface area contributed by atoms with Gasteiger partial charge in [0.25, 0.3) is 0 Å². The van der Waals surface area contributed by atoms with Crippen LogP contribution in [0.2, 0.25) is 0 Å². The highest BCUT2D eigenvalue weighted by Crippen LogP contribution is 2.07. The standard InChI is InChI=1S/C8H18ClNO3S/c1-4-13-6-5-10(3)14(11,12)8(2)7-9/h8H,4-7H2,1-3H3. The van der Waals surface area contributed by atoms with Gasteiger partial charge < -0.3 is 4.74 Å². The molecule has 1 atom stereocenters. The number of ether oxygens (including phenoxy) is 1. The predicted molar refractivity (Wildman–Crippen MR) is 58.2 cm³/mol. The number of halogens is 1. The monoisotopic (exact) mass is 243 g/mol. The molecule has 4 nitrogen and oxygen atoms in total. The van der Waals surface area contributed by atoms with Gasteiger partial charge in [-0.3, -0.25) is 0 Å². The topological polar surface area (TPSA) is 46.6 Å². The van der Waals surface area contributed by atoms with Crippen molar-refractivity contribution in [1.29, 1.82) is 0 Å². The molecular formula is C8H18ClNO3S. The van der Waals surface area contributed by atoms with Crippen LogP contribution in [0.3, 0.4) is 0 Å². The molecule has 1 unspecified atom stereocenters. The van der Waals surface area contributed by atoms with Crippen molar-refractivity contribution < 1.29 is 13.2 Å². The Balaban J connectivity index is 4.15. The second kappa shape index (κ2) is 6.61. The Morgan fingerprint density at radius 2 is 2.07 bits per heavy atom. The number of sulfonamides is 1. The Labute approximate surface area is 91.2 Å². The van der Waals surface area contributed by atoms with Crippen molar-refractivity contribution in [3.05, 3.63) is 0 Å². The van der Waals surface area contributed by atoms with Crippen LogP contribution in [0.4, 0.5) is 0 Å². The first-order valence-corrected chi connectivity index (χ1v) is 6.59. The molecule has 0 heterocycles. The third-order valence-corrected chi connectivity index (χ3v) is 4.80. The molecular weight excluding hydrogens is 226 g/mol. The van der Waals surface area contributed by atoms with E-state index in [-0.39, 0.29) is 5.88 Å². The van der Waals surface area contributed by atoms with E-state index in [4.69, 9.17) is 16.3 Å². The first kappa shape index (κ1) is 14.2. The van der Waals surface area contributed by atoms with Crippen molar-refractivity contribution >= 4 is 21.6 Å². The highest BCUT2D eigenvalue weighted by atomic mass is 35.5. The summed E-state index contributed by atoms with van der Waals surface area (Å²) >= 11 is 5.50. The smallest absolute Gasteiger partial charge is 0.217 e. The maximum absolute atomic E-state index is 11.6. The van der Waals surface area contributed by atoms with Gasteiger partial charge in [-0.2, -0.15) is 0 Å². The van der Waals surface area contributed by atoms with Gasteiger partial charge in [0, 0.05) is 26.1 Å². The van der Waals surface area contributed by atoms with Crippen LogP contribution >= 0.6 is 11.6 Å². The first-order chi connectivity index (χ1) is 6.46. The lowest BCUT2D eigenvalue weighted by Gasteiger charge is -2.20. The van der Waals surface area contributed by atoms with Gasteiger partial charge in [-0.25, -0.2) is 12.7 Å². The van der Waals surface area contributed by atoms with E-state index in [0.29, 0.717) is 19.8 Å². The molecule has 0 aliphatic carbocycles.